The van der Waals surface area contributed by atoms with Crippen LogP contribution < -0.4 is 0 Å². The standard InChI is InChI=1S/C28H52O4/c1-4-5-6-7-8-9-10-11-12-17-22-31-27(29)25-20-15-16-21-26(25)28(30)32-23-18-13-14-19-24(2)3/h24-26H,4-23H2,1-3H3. The molecule has 2 atom stereocenters. The molecule has 0 aromatic carbocycles. The van der Waals surface area contributed by atoms with Crippen LogP contribution >= 0.6 is 0 Å². The Morgan fingerprint density at radius 1 is 0.656 bits per heavy atom. The van der Waals surface area contributed by atoms with Crippen LogP contribution in [0.15, 0.2) is 0 Å². The first-order chi connectivity index (χ1) is 15.6. The van der Waals surface area contributed by atoms with E-state index in [4.69, 9.17) is 9.47 Å². The second-order valence-corrected chi connectivity index (χ2v) is 10.3. The van der Waals surface area contributed by atoms with Crippen molar-refractivity contribution in [1.29, 1.82) is 0 Å². The maximum Gasteiger partial charge on any atom is 0.309 e. The van der Waals surface area contributed by atoms with Crippen LogP contribution in [0.3, 0.4) is 0 Å². The lowest BCUT2D eigenvalue weighted by Crippen LogP contribution is -2.35. The molecule has 1 aliphatic carbocycles. The Bertz CT molecular complexity index is 474. The molecule has 0 radical (unpaired) electrons. The van der Waals surface area contributed by atoms with Gasteiger partial charge < -0.3 is 9.47 Å². The van der Waals surface area contributed by atoms with E-state index in [2.05, 4.69) is 20.8 Å². The summed E-state index contributed by atoms with van der Waals surface area (Å²) in [6.45, 7) is 7.69. The largest absolute Gasteiger partial charge is 0.465 e. The van der Waals surface area contributed by atoms with Crippen molar-refractivity contribution in [2.45, 2.75) is 136 Å². The summed E-state index contributed by atoms with van der Waals surface area (Å²) < 4.78 is 11.1. The van der Waals surface area contributed by atoms with Gasteiger partial charge in [0.05, 0.1) is 25.0 Å². The Hall–Kier alpha value is -1.06. The highest BCUT2D eigenvalue weighted by atomic mass is 16.5. The normalized spacial score (nSPS) is 18.6. The Balaban J connectivity index is 2.14. The van der Waals surface area contributed by atoms with Crippen molar-refractivity contribution in [3.05, 3.63) is 0 Å². The maximum absolute atomic E-state index is 12.6. The molecule has 0 aliphatic heterocycles. The smallest absolute Gasteiger partial charge is 0.309 e. The van der Waals surface area contributed by atoms with Crippen LogP contribution in [0.25, 0.3) is 0 Å². The second kappa shape index (κ2) is 19.4. The van der Waals surface area contributed by atoms with Crippen molar-refractivity contribution in [3.8, 4) is 0 Å². The molecule has 188 valence electrons. The highest BCUT2D eigenvalue weighted by Gasteiger charge is 2.37. The first-order valence-electron chi connectivity index (χ1n) is 13.9. The number of hydrogen-bond donors (Lipinski definition) is 0. The fourth-order valence-corrected chi connectivity index (χ4v) is 4.68. The molecule has 1 aliphatic rings. The second-order valence-electron chi connectivity index (χ2n) is 10.3. The van der Waals surface area contributed by atoms with Crippen molar-refractivity contribution in [1.82, 2.24) is 0 Å². The van der Waals surface area contributed by atoms with E-state index in [1.54, 1.807) is 0 Å². The number of carbonyl (C=O) groups excluding carboxylic acids is 2. The molecular weight excluding hydrogens is 400 g/mol. The van der Waals surface area contributed by atoms with E-state index < -0.39 is 0 Å². The van der Waals surface area contributed by atoms with Crippen LogP contribution in [0.2, 0.25) is 0 Å². The van der Waals surface area contributed by atoms with E-state index in [1.807, 2.05) is 0 Å². The molecule has 0 bridgehead atoms. The van der Waals surface area contributed by atoms with Gasteiger partial charge >= 0.3 is 11.9 Å². The van der Waals surface area contributed by atoms with Crippen LogP contribution in [0.5, 0.6) is 0 Å². The SMILES string of the molecule is CCCCCCCCCCCCOC(=O)C1CCCCC1C(=O)OCCCCCC(C)C. The molecule has 2 unspecified atom stereocenters. The minimum Gasteiger partial charge on any atom is -0.465 e. The highest BCUT2D eigenvalue weighted by Crippen LogP contribution is 2.32. The van der Waals surface area contributed by atoms with E-state index in [1.165, 1.54) is 64.2 Å². The van der Waals surface area contributed by atoms with Gasteiger partial charge in [-0.2, -0.15) is 0 Å². The van der Waals surface area contributed by atoms with E-state index >= 15 is 0 Å². The summed E-state index contributed by atoms with van der Waals surface area (Å²) in [5.41, 5.74) is 0. The van der Waals surface area contributed by atoms with Gasteiger partial charge in [0, 0.05) is 0 Å². The number of unbranched alkanes of at least 4 members (excludes halogenated alkanes) is 11. The number of carbonyl (C=O) groups is 2. The van der Waals surface area contributed by atoms with E-state index in [-0.39, 0.29) is 23.8 Å². The molecule has 4 nitrogen and oxygen atoms in total. The van der Waals surface area contributed by atoms with E-state index in [0.29, 0.717) is 13.2 Å². The number of ether oxygens (including phenoxy) is 2. The number of esters is 2. The fraction of sp³-hybridized carbons (Fsp3) is 0.929. The van der Waals surface area contributed by atoms with Crippen LogP contribution in [0.1, 0.15) is 136 Å². The van der Waals surface area contributed by atoms with Gasteiger partial charge in [-0.1, -0.05) is 111 Å². The summed E-state index contributed by atoms with van der Waals surface area (Å²) in [7, 11) is 0. The molecule has 0 heterocycles. The topological polar surface area (TPSA) is 52.6 Å². The monoisotopic (exact) mass is 452 g/mol. The lowest BCUT2D eigenvalue weighted by atomic mass is 9.79. The summed E-state index contributed by atoms with van der Waals surface area (Å²) in [5.74, 6) is -0.249. The van der Waals surface area contributed by atoms with Gasteiger partial charge in [0.25, 0.3) is 0 Å². The van der Waals surface area contributed by atoms with E-state index in [9.17, 15) is 9.59 Å². The first-order valence-corrected chi connectivity index (χ1v) is 13.9. The third-order valence-electron chi connectivity index (χ3n) is 6.78. The lowest BCUT2D eigenvalue weighted by Gasteiger charge is -2.28. The van der Waals surface area contributed by atoms with Gasteiger partial charge in [0.1, 0.15) is 0 Å². The Kier molecular flexibility index (Phi) is 17.6. The van der Waals surface area contributed by atoms with Crippen molar-refractivity contribution in [3.63, 3.8) is 0 Å². The molecule has 1 saturated carbocycles. The molecule has 0 aromatic heterocycles. The Morgan fingerprint density at radius 2 is 1.06 bits per heavy atom. The quantitative estimate of drug-likeness (QED) is 0.147. The van der Waals surface area contributed by atoms with Crippen LogP contribution in [0.4, 0.5) is 0 Å². The Morgan fingerprint density at radius 3 is 1.50 bits per heavy atom. The molecule has 32 heavy (non-hydrogen) atoms. The third kappa shape index (κ3) is 14.2. The minimum atomic E-state index is -0.306. The van der Waals surface area contributed by atoms with Gasteiger partial charge in [-0.3, -0.25) is 9.59 Å². The molecule has 4 heteroatoms. The lowest BCUT2D eigenvalue weighted by molar-refractivity contribution is -0.163. The third-order valence-corrected chi connectivity index (χ3v) is 6.78. The average Bonchev–Trinajstić information content (AvgIpc) is 2.79. The molecule has 0 saturated heterocycles. The average molecular weight is 453 g/mol. The van der Waals surface area contributed by atoms with Gasteiger partial charge in [-0.15, -0.1) is 0 Å². The molecule has 0 spiro atoms. The number of hydrogen-bond acceptors (Lipinski definition) is 4. The molecule has 0 aromatic rings. The first kappa shape index (κ1) is 29.0. The van der Waals surface area contributed by atoms with Crippen molar-refractivity contribution >= 4 is 11.9 Å². The van der Waals surface area contributed by atoms with Crippen molar-refractivity contribution < 1.29 is 19.1 Å². The highest BCUT2D eigenvalue weighted by molar-refractivity contribution is 5.82. The van der Waals surface area contributed by atoms with Crippen LogP contribution in [-0.4, -0.2) is 25.2 Å². The van der Waals surface area contributed by atoms with Crippen LogP contribution in [0, 0.1) is 17.8 Å². The summed E-state index contributed by atoms with van der Waals surface area (Å²) in [4.78, 5) is 25.2. The predicted molar refractivity (Wildman–Crippen MR) is 133 cm³/mol. The van der Waals surface area contributed by atoms with Gasteiger partial charge in [-0.05, 0) is 31.6 Å². The molecule has 0 amide bonds. The van der Waals surface area contributed by atoms with E-state index in [0.717, 1.165) is 57.3 Å². The zero-order valence-corrected chi connectivity index (χ0v) is 21.5. The van der Waals surface area contributed by atoms with Crippen molar-refractivity contribution in [2.75, 3.05) is 13.2 Å². The predicted octanol–water partition coefficient (Wildman–Crippen LogP) is 8.02. The summed E-state index contributed by atoms with van der Waals surface area (Å²) >= 11 is 0. The summed E-state index contributed by atoms with van der Waals surface area (Å²) in [6.07, 6.45) is 20.6. The fourth-order valence-electron chi connectivity index (χ4n) is 4.68. The maximum atomic E-state index is 12.6. The van der Waals surface area contributed by atoms with Gasteiger partial charge in [0.15, 0.2) is 0 Å². The molecule has 1 fully saturated rings. The summed E-state index contributed by atoms with van der Waals surface area (Å²) in [5, 5.41) is 0. The molecule has 1 rings (SSSR count). The zero-order chi connectivity index (χ0) is 23.4. The zero-order valence-electron chi connectivity index (χ0n) is 21.5. The minimum absolute atomic E-state index is 0.181. The van der Waals surface area contributed by atoms with Gasteiger partial charge in [-0.25, -0.2) is 0 Å². The number of rotatable bonds is 19. The molecular formula is C28H52O4. The van der Waals surface area contributed by atoms with Crippen LogP contribution in [-0.2, 0) is 19.1 Å². The summed E-state index contributed by atoms with van der Waals surface area (Å²) in [6, 6.07) is 0. The van der Waals surface area contributed by atoms with Gasteiger partial charge in [0.2, 0.25) is 0 Å². The van der Waals surface area contributed by atoms with Crippen molar-refractivity contribution in [2.24, 2.45) is 17.8 Å². The Labute approximate surface area is 198 Å². The molecule has 0 N–H and O–H groups in total.